The quantitative estimate of drug-likeness (QED) is 0.0261. The van der Waals surface area contributed by atoms with Crippen LogP contribution in [0.25, 0.3) is 0 Å². The maximum absolute atomic E-state index is 12.9. The summed E-state index contributed by atoms with van der Waals surface area (Å²) in [4.78, 5) is 38.2. The largest absolute Gasteiger partial charge is 0.462 e. The first-order valence-corrected chi connectivity index (χ1v) is 30.1. The zero-order valence-corrected chi connectivity index (χ0v) is 46.7. The van der Waals surface area contributed by atoms with Crippen LogP contribution in [-0.4, -0.2) is 37.2 Å². The van der Waals surface area contributed by atoms with Crippen LogP contribution in [0.5, 0.6) is 0 Å². The monoisotopic (exact) mass is 989 g/mol. The van der Waals surface area contributed by atoms with Gasteiger partial charge in [0.05, 0.1) is 0 Å². The van der Waals surface area contributed by atoms with Gasteiger partial charge in [-0.3, -0.25) is 14.4 Å². The van der Waals surface area contributed by atoms with Gasteiger partial charge in [0, 0.05) is 19.3 Å². The van der Waals surface area contributed by atoms with Crippen LogP contribution < -0.4 is 0 Å². The molecule has 0 spiro atoms. The molecular formula is C65H112O6. The minimum atomic E-state index is -0.785. The fourth-order valence-electron chi connectivity index (χ4n) is 8.38. The third-order valence-electron chi connectivity index (χ3n) is 12.9. The lowest BCUT2D eigenvalue weighted by molar-refractivity contribution is -0.167. The smallest absolute Gasteiger partial charge is 0.306 e. The summed E-state index contributed by atoms with van der Waals surface area (Å²) < 4.78 is 16.9. The molecule has 0 rings (SSSR count). The summed E-state index contributed by atoms with van der Waals surface area (Å²) in [5.74, 6) is -0.892. The number of carbonyl (C=O) groups is 3. The lowest BCUT2D eigenvalue weighted by Gasteiger charge is -2.18. The SMILES string of the molecule is CC/C=C\C/C=C\C/C=C\C/C=C\C/C=C\CCCCCCCCCC(=O)OCC(COC(=O)CCCCCCCCCCCCCC)OC(=O)CCCCCCCCC/C=C\C/C=C\CCCCCC. The Morgan fingerprint density at radius 2 is 0.549 bits per heavy atom. The summed E-state index contributed by atoms with van der Waals surface area (Å²) in [5.41, 5.74) is 0. The first kappa shape index (κ1) is 67.6. The van der Waals surface area contributed by atoms with Crippen LogP contribution in [0, 0.1) is 0 Å². The van der Waals surface area contributed by atoms with E-state index in [0.29, 0.717) is 19.3 Å². The maximum atomic E-state index is 12.9. The van der Waals surface area contributed by atoms with Gasteiger partial charge in [-0.2, -0.15) is 0 Å². The van der Waals surface area contributed by atoms with Gasteiger partial charge in [-0.15, -0.1) is 0 Å². The van der Waals surface area contributed by atoms with Gasteiger partial charge in [-0.1, -0.05) is 260 Å². The van der Waals surface area contributed by atoms with Gasteiger partial charge in [-0.05, 0) is 96.3 Å². The standard InChI is InChI=1S/C65H112O6/c1-4-7-10-13-16-19-22-25-27-29-31-32-33-34-35-37-38-40-43-46-49-52-55-58-64(67)70-61-62(60-69-63(66)57-54-51-48-45-42-24-21-18-15-12-9-6-3)71-65(68)59-56-53-50-47-44-41-39-36-30-28-26-23-20-17-14-11-8-5-2/h7,10,16,19-20,23,25,27-28,30-32,34-35,62H,4-6,8-9,11-15,17-18,21-22,24,26,29,33,36-61H2,1-3H3/b10-7-,19-16-,23-20-,27-25-,30-28-,32-31-,35-34-. The first-order chi connectivity index (χ1) is 35.0. The Bertz CT molecular complexity index is 1370. The molecule has 6 nitrogen and oxygen atoms in total. The second-order valence-electron chi connectivity index (χ2n) is 19.9. The maximum Gasteiger partial charge on any atom is 0.306 e. The first-order valence-electron chi connectivity index (χ1n) is 30.1. The summed E-state index contributed by atoms with van der Waals surface area (Å²) >= 11 is 0. The molecule has 0 radical (unpaired) electrons. The number of rotatable bonds is 54. The Hall–Kier alpha value is -3.41. The minimum absolute atomic E-state index is 0.0811. The van der Waals surface area contributed by atoms with Crippen molar-refractivity contribution in [3.8, 4) is 0 Å². The van der Waals surface area contributed by atoms with Gasteiger partial charge in [0.25, 0.3) is 0 Å². The van der Waals surface area contributed by atoms with Crippen molar-refractivity contribution in [1.29, 1.82) is 0 Å². The Morgan fingerprint density at radius 1 is 0.296 bits per heavy atom. The molecule has 0 aliphatic rings. The van der Waals surface area contributed by atoms with Crippen LogP contribution in [0.2, 0.25) is 0 Å². The summed E-state index contributed by atoms with van der Waals surface area (Å²) in [6.07, 6.45) is 77.1. The lowest BCUT2D eigenvalue weighted by Crippen LogP contribution is -2.30. The molecule has 0 saturated carbocycles. The fourth-order valence-corrected chi connectivity index (χ4v) is 8.38. The van der Waals surface area contributed by atoms with Gasteiger partial charge in [0.2, 0.25) is 0 Å². The predicted molar refractivity (Wildman–Crippen MR) is 307 cm³/mol. The summed E-state index contributed by atoms with van der Waals surface area (Å²) in [7, 11) is 0. The zero-order valence-electron chi connectivity index (χ0n) is 46.7. The van der Waals surface area contributed by atoms with Gasteiger partial charge < -0.3 is 14.2 Å². The van der Waals surface area contributed by atoms with Crippen molar-refractivity contribution in [3.05, 3.63) is 85.1 Å². The highest BCUT2D eigenvalue weighted by Gasteiger charge is 2.19. The molecule has 0 amide bonds. The summed E-state index contributed by atoms with van der Waals surface area (Å²) in [6, 6.07) is 0. The van der Waals surface area contributed by atoms with E-state index in [4.69, 9.17) is 14.2 Å². The minimum Gasteiger partial charge on any atom is -0.462 e. The molecule has 0 aromatic carbocycles. The number of ether oxygens (including phenoxy) is 3. The molecule has 71 heavy (non-hydrogen) atoms. The van der Waals surface area contributed by atoms with Gasteiger partial charge in [0.1, 0.15) is 13.2 Å². The van der Waals surface area contributed by atoms with Crippen molar-refractivity contribution in [2.24, 2.45) is 0 Å². The number of hydrogen-bond acceptors (Lipinski definition) is 6. The number of hydrogen-bond donors (Lipinski definition) is 0. The Balaban J connectivity index is 4.36. The molecule has 0 aliphatic heterocycles. The number of carbonyl (C=O) groups excluding carboxylic acids is 3. The van der Waals surface area contributed by atoms with Crippen LogP contribution in [0.15, 0.2) is 85.1 Å². The van der Waals surface area contributed by atoms with Crippen molar-refractivity contribution in [3.63, 3.8) is 0 Å². The molecule has 0 aromatic heterocycles. The zero-order chi connectivity index (χ0) is 51.4. The highest BCUT2D eigenvalue weighted by atomic mass is 16.6. The van der Waals surface area contributed by atoms with E-state index in [-0.39, 0.29) is 31.1 Å². The van der Waals surface area contributed by atoms with Gasteiger partial charge >= 0.3 is 17.9 Å². The Kier molecular flexibility index (Phi) is 56.3. The van der Waals surface area contributed by atoms with E-state index in [1.165, 1.54) is 141 Å². The van der Waals surface area contributed by atoms with Crippen molar-refractivity contribution in [1.82, 2.24) is 0 Å². The Labute approximate surface area is 439 Å². The third-order valence-corrected chi connectivity index (χ3v) is 12.9. The fraction of sp³-hybridized carbons (Fsp3) is 0.738. The molecule has 6 heteroatoms. The van der Waals surface area contributed by atoms with E-state index < -0.39 is 6.10 Å². The molecular weight excluding hydrogens is 877 g/mol. The number of allylic oxidation sites excluding steroid dienone is 14. The molecule has 0 fully saturated rings. The molecule has 0 aliphatic carbocycles. The van der Waals surface area contributed by atoms with Crippen molar-refractivity contribution in [2.75, 3.05) is 13.2 Å². The topological polar surface area (TPSA) is 78.9 Å². The third kappa shape index (κ3) is 57.4. The molecule has 0 aromatic rings. The van der Waals surface area contributed by atoms with Crippen LogP contribution in [0.3, 0.4) is 0 Å². The van der Waals surface area contributed by atoms with E-state index in [0.717, 1.165) is 109 Å². The highest BCUT2D eigenvalue weighted by molar-refractivity contribution is 5.71. The van der Waals surface area contributed by atoms with E-state index in [1.54, 1.807) is 0 Å². The average molecular weight is 990 g/mol. The lowest BCUT2D eigenvalue weighted by atomic mass is 10.0. The molecule has 0 bridgehead atoms. The van der Waals surface area contributed by atoms with Crippen LogP contribution in [0.1, 0.15) is 290 Å². The second kappa shape index (κ2) is 59.2. The second-order valence-corrected chi connectivity index (χ2v) is 19.9. The van der Waals surface area contributed by atoms with Gasteiger partial charge in [0.15, 0.2) is 6.10 Å². The molecule has 0 N–H and O–H groups in total. The molecule has 408 valence electrons. The Morgan fingerprint density at radius 3 is 0.873 bits per heavy atom. The van der Waals surface area contributed by atoms with Crippen molar-refractivity contribution in [2.45, 2.75) is 297 Å². The normalized spacial score (nSPS) is 12.7. The highest BCUT2D eigenvalue weighted by Crippen LogP contribution is 2.16. The van der Waals surface area contributed by atoms with E-state index in [1.807, 2.05) is 0 Å². The van der Waals surface area contributed by atoms with Crippen LogP contribution in [-0.2, 0) is 28.6 Å². The summed E-state index contributed by atoms with van der Waals surface area (Å²) in [5, 5.41) is 0. The predicted octanol–water partition coefficient (Wildman–Crippen LogP) is 20.3. The van der Waals surface area contributed by atoms with Crippen molar-refractivity contribution < 1.29 is 28.6 Å². The molecule has 1 unspecified atom stereocenters. The molecule has 0 saturated heterocycles. The van der Waals surface area contributed by atoms with Crippen molar-refractivity contribution >= 4 is 17.9 Å². The average Bonchev–Trinajstić information content (AvgIpc) is 3.37. The molecule has 1 atom stereocenters. The summed E-state index contributed by atoms with van der Waals surface area (Å²) in [6.45, 7) is 6.51. The van der Waals surface area contributed by atoms with Gasteiger partial charge in [-0.25, -0.2) is 0 Å². The van der Waals surface area contributed by atoms with E-state index in [2.05, 4.69) is 106 Å². The molecule has 0 heterocycles. The van der Waals surface area contributed by atoms with E-state index >= 15 is 0 Å². The number of esters is 3. The number of unbranched alkanes of at least 4 members (excludes halogenated alkanes) is 29. The van der Waals surface area contributed by atoms with Crippen LogP contribution >= 0.6 is 0 Å². The van der Waals surface area contributed by atoms with Crippen LogP contribution in [0.4, 0.5) is 0 Å². The van der Waals surface area contributed by atoms with E-state index in [9.17, 15) is 14.4 Å².